The molecule has 0 spiro atoms. The largest absolute Gasteiger partial charge is 0.492 e. The first-order chi connectivity index (χ1) is 9.78. The first-order valence-corrected chi connectivity index (χ1v) is 6.48. The van der Waals surface area contributed by atoms with Crippen molar-refractivity contribution in [1.82, 2.24) is 0 Å². The van der Waals surface area contributed by atoms with Gasteiger partial charge in [-0.1, -0.05) is 6.08 Å². The normalized spacial score (nSPS) is 28.0. The second kappa shape index (κ2) is 6.73. The van der Waals surface area contributed by atoms with Crippen molar-refractivity contribution >= 4 is 11.9 Å². The van der Waals surface area contributed by atoms with Gasteiger partial charge >= 0.3 is 11.9 Å². The highest BCUT2D eigenvalue weighted by molar-refractivity contribution is 5.90. The molecule has 0 aromatic heterocycles. The van der Waals surface area contributed by atoms with Gasteiger partial charge in [0, 0.05) is 0 Å². The number of ether oxygens (including phenoxy) is 2. The number of allylic oxidation sites excluding steroid dienone is 1. The zero-order valence-corrected chi connectivity index (χ0v) is 12.0. The van der Waals surface area contributed by atoms with Crippen LogP contribution in [-0.2, 0) is 19.1 Å². The maximum Gasteiger partial charge on any atom is 0.314 e. The lowest BCUT2D eigenvalue weighted by Gasteiger charge is -2.38. The summed E-state index contributed by atoms with van der Waals surface area (Å²) in [6.07, 6.45) is 4.08. The number of aliphatic hydroxyl groups excluding tert-OH is 1. The van der Waals surface area contributed by atoms with Gasteiger partial charge in [0.05, 0.1) is 19.8 Å². The molecule has 118 valence electrons. The molecule has 0 aliphatic heterocycles. The molecule has 1 aliphatic carbocycles. The van der Waals surface area contributed by atoms with Crippen LogP contribution < -0.4 is 0 Å². The second-order valence-electron chi connectivity index (χ2n) is 5.08. The van der Waals surface area contributed by atoms with Gasteiger partial charge < -0.3 is 24.8 Å². The van der Waals surface area contributed by atoms with Crippen molar-refractivity contribution < 1.29 is 34.4 Å². The van der Waals surface area contributed by atoms with Crippen molar-refractivity contribution in [3.05, 3.63) is 24.0 Å². The molecule has 0 saturated heterocycles. The number of hydrogen-bond donors (Lipinski definition) is 3. The van der Waals surface area contributed by atoms with Gasteiger partial charge in [0.15, 0.2) is 0 Å². The Labute approximate surface area is 122 Å². The molecule has 2 atom stereocenters. The van der Waals surface area contributed by atoms with Gasteiger partial charge in [0.2, 0.25) is 0 Å². The molecule has 2 unspecified atom stereocenters. The standard InChI is InChI=1S/C14H20O7/c1-13(11(16)17)4-3-10(9-14(13,2)12(18)19)21-8-7-20-6-5-15/h3-4,9,15H,5-8H2,1-2H3,(H,16,17)(H,18,19). The monoisotopic (exact) mass is 300 g/mol. The zero-order chi connectivity index (χ0) is 16.1. The van der Waals surface area contributed by atoms with Gasteiger partial charge in [0.1, 0.15) is 23.2 Å². The van der Waals surface area contributed by atoms with Crippen molar-refractivity contribution in [3.8, 4) is 0 Å². The van der Waals surface area contributed by atoms with E-state index in [-0.39, 0.29) is 32.2 Å². The van der Waals surface area contributed by atoms with Gasteiger partial charge in [-0.3, -0.25) is 9.59 Å². The minimum Gasteiger partial charge on any atom is -0.492 e. The Hall–Kier alpha value is -1.86. The van der Waals surface area contributed by atoms with E-state index in [0.29, 0.717) is 0 Å². The van der Waals surface area contributed by atoms with E-state index in [1.807, 2.05) is 0 Å². The van der Waals surface area contributed by atoms with E-state index in [2.05, 4.69) is 0 Å². The van der Waals surface area contributed by atoms with Gasteiger partial charge in [-0.2, -0.15) is 0 Å². The highest BCUT2D eigenvalue weighted by Gasteiger charge is 2.54. The first kappa shape index (κ1) is 17.2. The summed E-state index contributed by atoms with van der Waals surface area (Å²) in [5, 5.41) is 27.2. The topological polar surface area (TPSA) is 113 Å². The van der Waals surface area contributed by atoms with Crippen LogP contribution >= 0.6 is 0 Å². The molecule has 7 nitrogen and oxygen atoms in total. The van der Waals surface area contributed by atoms with Gasteiger partial charge in [-0.25, -0.2) is 0 Å². The molecule has 0 radical (unpaired) electrons. The smallest absolute Gasteiger partial charge is 0.314 e. The van der Waals surface area contributed by atoms with E-state index in [1.165, 1.54) is 32.1 Å². The van der Waals surface area contributed by atoms with Crippen molar-refractivity contribution in [2.24, 2.45) is 10.8 Å². The molecule has 21 heavy (non-hydrogen) atoms. The summed E-state index contributed by atoms with van der Waals surface area (Å²) < 4.78 is 10.4. The minimum absolute atomic E-state index is 0.0867. The predicted molar refractivity (Wildman–Crippen MR) is 72.6 cm³/mol. The molecule has 0 heterocycles. The Morgan fingerprint density at radius 3 is 2.24 bits per heavy atom. The Morgan fingerprint density at radius 2 is 1.71 bits per heavy atom. The van der Waals surface area contributed by atoms with Crippen LogP contribution in [0.25, 0.3) is 0 Å². The van der Waals surface area contributed by atoms with E-state index >= 15 is 0 Å². The quantitative estimate of drug-likeness (QED) is 0.564. The van der Waals surface area contributed by atoms with E-state index < -0.39 is 22.8 Å². The molecule has 1 aliphatic rings. The lowest BCUT2D eigenvalue weighted by molar-refractivity contribution is -0.163. The van der Waals surface area contributed by atoms with Crippen LogP contribution in [0.4, 0.5) is 0 Å². The Balaban J connectivity index is 2.82. The first-order valence-electron chi connectivity index (χ1n) is 6.48. The number of carboxylic acid groups (broad SMARTS) is 2. The highest BCUT2D eigenvalue weighted by atomic mass is 16.5. The van der Waals surface area contributed by atoms with Crippen molar-refractivity contribution in [3.63, 3.8) is 0 Å². The third kappa shape index (κ3) is 3.43. The van der Waals surface area contributed by atoms with Crippen LogP contribution in [0, 0.1) is 10.8 Å². The number of hydrogen-bond acceptors (Lipinski definition) is 5. The van der Waals surface area contributed by atoms with E-state index in [0.717, 1.165) is 0 Å². The fraction of sp³-hybridized carbons (Fsp3) is 0.571. The average molecular weight is 300 g/mol. The molecule has 0 bridgehead atoms. The molecule has 0 saturated carbocycles. The SMILES string of the molecule is CC1(C(=O)O)C=CC(OCCOCCO)=CC1(C)C(=O)O. The van der Waals surface area contributed by atoms with Crippen LogP contribution in [0.15, 0.2) is 24.0 Å². The summed E-state index contributed by atoms with van der Waals surface area (Å²) in [6, 6.07) is 0. The van der Waals surface area contributed by atoms with Gasteiger partial charge in [-0.15, -0.1) is 0 Å². The molecule has 0 amide bonds. The van der Waals surface area contributed by atoms with Crippen LogP contribution in [-0.4, -0.2) is 53.7 Å². The lowest BCUT2D eigenvalue weighted by atomic mass is 9.63. The molecule has 1 rings (SSSR count). The second-order valence-corrected chi connectivity index (χ2v) is 5.08. The summed E-state index contributed by atoms with van der Waals surface area (Å²) in [6.45, 7) is 3.23. The highest BCUT2D eigenvalue weighted by Crippen LogP contribution is 2.46. The van der Waals surface area contributed by atoms with E-state index in [4.69, 9.17) is 14.6 Å². The average Bonchev–Trinajstić information content (AvgIpc) is 2.42. The summed E-state index contributed by atoms with van der Waals surface area (Å²) in [7, 11) is 0. The molecule has 3 N–H and O–H groups in total. The van der Waals surface area contributed by atoms with Crippen LogP contribution in [0.5, 0.6) is 0 Å². The van der Waals surface area contributed by atoms with Crippen LogP contribution in [0.1, 0.15) is 13.8 Å². The maximum atomic E-state index is 11.5. The molecule has 7 heteroatoms. The summed E-state index contributed by atoms with van der Waals surface area (Å²) in [4.78, 5) is 22.9. The molecule has 0 aromatic carbocycles. The Kier molecular flexibility index (Phi) is 5.51. The van der Waals surface area contributed by atoms with Crippen molar-refractivity contribution in [2.75, 3.05) is 26.4 Å². The molecular formula is C14H20O7. The van der Waals surface area contributed by atoms with Crippen LogP contribution in [0.3, 0.4) is 0 Å². The van der Waals surface area contributed by atoms with Gasteiger partial charge in [-0.05, 0) is 26.0 Å². The fourth-order valence-electron chi connectivity index (χ4n) is 1.96. The number of carboxylic acids is 2. The van der Waals surface area contributed by atoms with E-state index in [1.54, 1.807) is 0 Å². The predicted octanol–water partition coefficient (Wildman–Crippen LogP) is 0.647. The number of aliphatic hydroxyl groups is 1. The van der Waals surface area contributed by atoms with Crippen LogP contribution in [0.2, 0.25) is 0 Å². The third-order valence-corrected chi connectivity index (χ3v) is 3.71. The zero-order valence-electron chi connectivity index (χ0n) is 12.0. The Bertz CT molecular complexity index is 468. The number of carbonyl (C=O) groups is 2. The fourth-order valence-corrected chi connectivity index (χ4v) is 1.96. The van der Waals surface area contributed by atoms with Gasteiger partial charge in [0.25, 0.3) is 0 Å². The molecule has 0 fully saturated rings. The molecule has 0 aromatic rings. The lowest BCUT2D eigenvalue weighted by Crippen LogP contribution is -2.48. The number of aliphatic carboxylic acids is 2. The van der Waals surface area contributed by atoms with Crippen molar-refractivity contribution in [2.45, 2.75) is 13.8 Å². The Morgan fingerprint density at radius 1 is 1.10 bits per heavy atom. The maximum absolute atomic E-state index is 11.5. The van der Waals surface area contributed by atoms with Crippen molar-refractivity contribution in [1.29, 1.82) is 0 Å². The number of rotatable bonds is 8. The summed E-state index contributed by atoms with van der Waals surface area (Å²) in [5.41, 5.74) is -3.17. The van der Waals surface area contributed by atoms with E-state index in [9.17, 15) is 19.8 Å². The minimum atomic E-state index is -1.62. The summed E-state index contributed by atoms with van der Waals surface area (Å²) >= 11 is 0. The molecular weight excluding hydrogens is 280 g/mol. The third-order valence-electron chi connectivity index (χ3n) is 3.71. The summed E-state index contributed by atoms with van der Waals surface area (Å²) in [5.74, 6) is -2.18.